The van der Waals surface area contributed by atoms with Gasteiger partial charge in [0.1, 0.15) is 44.3 Å². The molecule has 0 bridgehead atoms. The summed E-state index contributed by atoms with van der Waals surface area (Å²) in [7, 11) is 1.61. The van der Waals surface area contributed by atoms with Crippen molar-refractivity contribution >= 4 is 17.5 Å². The van der Waals surface area contributed by atoms with Crippen molar-refractivity contribution in [2.45, 2.75) is 19.5 Å². The van der Waals surface area contributed by atoms with Gasteiger partial charge in [0.2, 0.25) is 0 Å². The van der Waals surface area contributed by atoms with Gasteiger partial charge in [0.05, 0.1) is 18.7 Å². The number of piperazine rings is 1. The Morgan fingerprint density at radius 1 is 1.17 bits per heavy atom. The Bertz CT molecular complexity index is 841. The molecule has 1 atom stereocenters. The van der Waals surface area contributed by atoms with E-state index in [1.807, 2.05) is 31.2 Å². The first-order chi connectivity index (χ1) is 13.9. The number of halogens is 2. The summed E-state index contributed by atoms with van der Waals surface area (Å²) >= 11 is 6.03. The first kappa shape index (κ1) is 21.6. The van der Waals surface area contributed by atoms with E-state index in [4.69, 9.17) is 16.3 Å². The summed E-state index contributed by atoms with van der Waals surface area (Å²) in [5, 5.41) is 3.73. The quantitative estimate of drug-likeness (QED) is 0.614. The van der Waals surface area contributed by atoms with E-state index in [1.54, 1.807) is 19.2 Å². The van der Waals surface area contributed by atoms with Gasteiger partial charge in [0.25, 0.3) is 5.91 Å². The zero-order valence-corrected chi connectivity index (χ0v) is 17.7. The molecule has 0 saturated carbocycles. The smallest absolute Gasteiger partial charge is 0.275 e. The second kappa shape index (κ2) is 10.1. The highest BCUT2D eigenvalue weighted by Crippen LogP contribution is 2.18. The average Bonchev–Trinajstić information content (AvgIpc) is 2.69. The number of carbonyl (C=O) groups excluding carboxylic acids is 1. The lowest BCUT2D eigenvalue weighted by molar-refractivity contribution is -1.02. The number of quaternary nitrogens is 2. The van der Waals surface area contributed by atoms with Crippen LogP contribution in [-0.2, 0) is 11.3 Å². The second-order valence-electron chi connectivity index (χ2n) is 7.65. The number of ether oxygens (including phenoxy) is 1. The number of hydrogen-bond acceptors (Lipinski definition) is 2. The largest absolute Gasteiger partial charge is 0.496 e. The van der Waals surface area contributed by atoms with Crippen molar-refractivity contribution in [1.29, 1.82) is 0 Å². The summed E-state index contributed by atoms with van der Waals surface area (Å²) < 4.78 is 18.9. The van der Waals surface area contributed by atoms with Crippen LogP contribution in [0.3, 0.4) is 0 Å². The van der Waals surface area contributed by atoms with Crippen molar-refractivity contribution in [2.24, 2.45) is 0 Å². The van der Waals surface area contributed by atoms with Crippen LogP contribution in [0.4, 0.5) is 4.39 Å². The first-order valence-corrected chi connectivity index (χ1v) is 10.4. The first-order valence-electron chi connectivity index (χ1n) is 9.99. The molecule has 1 heterocycles. The fourth-order valence-electron chi connectivity index (χ4n) is 3.84. The molecular weight excluding hydrogens is 393 g/mol. The summed E-state index contributed by atoms with van der Waals surface area (Å²) in [5.41, 5.74) is 1.89. The lowest BCUT2D eigenvalue weighted by Crippen LogP contribution is -3.28. The molecule has 1 aliphatic rings. The van der Waals surface area contributed by atoms with Gasteiger partial charge in [-0.15, -0.1) is 0 Å². The van der Waals surface area contributed by atoms with Gasteiger partial charge in [-0.2, -0.15) is 0 Å². The molecule has 0 radical (unpaired) electrons. The molecule has 0 unspecified atom stereocenters. The monoisotopic (exact) mass is 421 g/mol. The van der Waals surface area contributed by atoms with E-state index in [-0.39, 0.29) is 17.8 Å². The fraction of sp³-hybridized carbons (Fsp3) is 0.409. The van der Waals surface area contributed by atoms with Crippen LogP contribution in [0.5, 0.6) is 5.75 Å². The van der Waals surface area contributed by atoms with E-state index in [2.05, 4.69) is 5.32 Å². The normalized spacial score (nSPS) is 20.1. The number of benzene rings is 2. The van der Waals surface area contributed by atoms with E-state index in [0.29, 0.717) is 11.6 Å². The zero-order chi connectivity index (χ0) is 20.8. The highest BCUT2D eigenvalue weighted by Gasteiger charge is 2.26. The minimum absolute atomic E-state index is 0.0442. The molecule has 29 heavy (non-hydrogen) atoms. The Morgan fingerprint density at radius 3 is 2.59 bits per heavy atom. The molecule has 1 aliphatic heterocycles. The van der Waals surface area contributed by atoms with E-state index < -0.39 is 0 Å². The average molecular weight is 422 g/mol. The summed E-state index contributed by atoms with van der Waals surface area (Å²) in [6.07, 6.45) is 0. The molecule has 0 aromatic heterocycles. The number of rotatable bonds is 7. The Labute approximate surface area is 176 Å². The number of methoxy groups -OCH3 is 1. The van der Waals surface area contributed by atoms with Gasteiger partial charge < -0.3 is 19.9 Å². The number of hydrogen-bond donors (Lipinski definition) is 3. The molecule has 1 fully saturated rings. The van der Waals surface area contributed by atoms with Crippen LogP contribution in [0.1, 0.15) is 24.1 Å². The molecule has 2 aromatic carbocycles. The number of carbonyl (C=O) groups is 1. The Hall–Kier alpha value is -2.15. The molecule has 3 N–H and O–H groups in total. The number of nitrogens with one attached hydrogen (secondary N) is 3. The molecule has 7 heteroatoms. The van der Waals surface area contributed by atoms with Crippen LogP contribution < -0.4 is 19.9 Å². The van der Waals surface area contributed by atoms with E-state index in [9.17, 15) is 9.18 Å². The Kier molecular flexibility index (Phi) is 7.47. The highest BCUT2D eigenvalue weighted by molar-refractivity contribution is 6.30. The van der Waals surface area contributed by atoms with Gasteiger partial charge in [0, 0.05) is 5.02 Å². The van der Waals surface area contributed by atoms with E-state index in [0.717, 1.165) is 49.6 Å². The van der Waals surface area contributed by atoms with Crippen LogP contribution in [-0.4, -0.2) is 45.7 Å². The summed E-state index contributed by atoms with van der Waals surface area (Å²) in [6.45, 7) is 6.84. The van der Waals surface area contributed by atoms with E-state index >= 15 is 0 Å². The molecule has 1 saturated heterocycles. The third-order valence-corrected chi connectivity index (χ3v) is 5.72. The number of amides is 1. The molecule has 2 aromatic rings. The summed E-state index contributed by atoms with van der Waals surface area (Å²) in [6, 6.07) is 12.1. The molecule has 5 nitrogen and oxygen atoms in total. The van der Waals surface area contributed by atoms with Gasteiger partial charge in [-0.1, -0.05) is 23.7 Å². The van der Waals surface area contributed by atoms with Crippen molar-refractivity contribution in [3.05, 3.63) is 64.4 Å². The zero-order valence-electron chi connectivity index (χ0n) is 16.9. The molecule has 0 spiro atoms. The highest BCUT2D eigenvalue weighted by atomic mass is 35.5. The molecule has 0 aliphatic carbocycles. The fourth-order valence-corrected chi connectivity index (χ4v) is 4.04. The van der Waals surface area contributed by atoms with Gasteiger partial charge in [-0.3, -0.25) is 4.79 Å². The van der Waals surface area contributed by atoms with Crippen LogP contribution in [0, 0.1) is 5.82 Å². The maximum atomic E-state index is 13.6. The van der Waals surface area contributed by atoms with Gasteiger partial charge in [-0.05, 0) is 42.8 Å². The van der Waals surface area contributed by atoms with Crippen molar-refractivity contribution in [3.8, 4) is 5.75 Å². The topological polar surface area (TPSA) is 47.2 Å². The van der Waals surface area contributed by atoms with Crippen LogP contribution in [0.15, 0.2) is 42.5 Å². The van der Waals surface area contributed by atoms with E-state index in [1.165, 1.54) is 15.9 Å². The Morgan fingerprint density at radius 2 is 1.90 bits per heavy atom. The molecule has 156 valence electrons. The van der Waals surface area contributed by atoms with Crippen molar-refractivity contribution in [2.75, 3.05) is 39.8 Å². The summed E-state index contributed by atoms with van der Waals surface area (Å²) in [5.74, 6) is 0.528. The molecule has 1 amide bonds. The van der Waals surface area contributed by atoms with Gasteiger partial charge in [-0.25, -0.2) is 4.39 Å². The van der Waals surface area contributed by atoms with Crippen LogP contribution in [0.25, 0.3) is 0 Å². The van der Waals surface area contributed by atoms with Crippen LogP contribution in [0.2, 0.25) is 5.02 Å². The third kappa shape index (κ3) is 6.16. The predicted molar refractivity (Wildman–Crippen MR) is 111 cm³/mol. The van der Waals surface area contributed by atoms with Gasteiger partial charge >= 0.3 is 0 Å². The molecular formula is C22H29ClFN3O2+2. The SMILES string of the molecule is COc1ccc(F)cc1C[NH+]1CC[NH+](CC(=O)N[C@@H](C)c2cccc(Cl)c2)CC1. The van der Waals surface area contributed by atoms with Crippen molar-refractivity contribution in [3.63, 3.8) is 0 Å². The second-order valence-corrected chi connectivity index (χ2v) is 8.09. The predicted octanol–water partition coefficient (Wildman–Crippen LogP) is 0.649. The maximum absolute atomic E-state index is 13.6. The maximum Gasteiger partial charge on any atom is 0.275 e. The molecule has 3 rings (SSSR count). The lowest BCUT2D eigenvalue weighted by Gasteiger charge is -2.30. The summed E-state index contributed by atoms with van der Waals surface area (Å²) in [4.78, 5) is 15.1. The van der Waals surface area contributed by atoms with Crippen LogP contribution >= 0.6 is 11.6 Å². The van der Waals surface area contributed by atoms with Crippen molar-refractivity contribution in [1.82, 2.24) is 5.32 Å². The van der Waals surface area contributed by atoms with Gasteiger partial charge in [0.15, 0.2) is 6.54 Å². The van der Waals surface area contributed by atoms with Crippen molar-refractivity contribution < 1.29 is 23.7 Å². The third-order valence-electron chi connectivity index (χ3n) is 5.48. The Balaban J connectivity index is 1.46. The standard InChI is InChI=1S/C22H27ClFN3O2/c1-16(17-4-3-5-19(23)12-17)25-22(28)15-27-10-8-26(9-11-27)14-18-13-20(24)6-7-21(18)29-2/h3-7,12-13,16H,8-11,14-15H2,1-2H3,(H,25,28)/p+2/t16-/m0/s1. The lowest BCUT2D eigenvalue weighted by atomic mass is 10.1. The minimum Gasteiger partial charge on any atom is -0.496 e. The minimum atomic E-state index is -0.241.